The molecule has 2 atom stereocenters. The molecule has 8 heteroatoms. The molecular weight excluding hydrogens is 448 g/mol. The molecule has 0 aliphatic rings. The van der Waals surface area contributed by atoms with Gasteiger partial charge in [0, 0.05) is 5.02 Å². The predicted molar refractivity (Wildman–Crippen MR) is 112 cm³/mol. The third-order valence-corrected chi connectivity index (χ3v) is 4.89. The van der Waals surface area contributed by atoms with Gasteiger partial charge in [0.15, 0.2) is 12.2 Å². The average molecular weight is 470 g/mol. The topological polar surface area (TPSA) is 76.7 Å². The smallest absolute Gasteiger partial charge is 0.279 e. The lowest BCUT2D eigenvalue weighted by molar-refractivity contribution is -0.135. The van der Waals surface area contributed by atoms with Crippen LogP contribution < -0.4 is 20.3 Å². The molecule has 0 aliphatic heterocycles. The van der Waals surface area contributed by atoms with Crippen molar-refractivity contribution < 1.29 is 19.1 Å². The molecule has 0 aromatic heterocycles. The van der Waals surface area contributed by atoms with Gasteiger partial charge in [0.05, 0.1) is 4.47 Å². The molecule has 2 N–H and O–H groups in total. The van der Waals surface area contributed by atoms with E-state index in [2.05, 4.69) is 26.8 Å². The Morgan fingerprint density at radius 1 is 0.929 bits per heavy atom. The van der Waals surface area contributed by atoms with Crippen LogP contribution in [0.25, 0.3) is 0 Å². The normalized spacial score (nSPS) is 12.6. The van der Waals surface area contributed by atoms with Crippen molar-refractivity contribution in [2.24, 2.45) is 0 Å². The van der Waals surface area contributed by atoms with Crippen LogP contribution in [0.15, 0.2) is 40.9 Å². The van der Waals surface area contributed by atoms with E-state index in [-0.39, 0.29) is 0 Å². The van der Waals surface area contributed by atoms with Gasteiger partial charge in [-0.1, -0.05) is 17.7 Å². The summed E-state index contributed by atoms with van der Waals surface area (Å²) in [5.74, 6) is 0.0613. The highest BCUT2D eigenvalue weighted by molar-refractivity contribution is 9.10. The van der Waals surface area contributed by atoms with Crippen LogP contribution in [0.1, 0.15) is 25.0 Å². The highest BCUT2D eigenvalue weighted by Crippen LogP contribution is 2.28. The lowest BCUT2D eigenvalue weighted by Crippen LogP contribution is -2.50. The maximum absolute atomic E-state index is 12.2. The van der Waals surface area contributed by atoms with Crippen molar-refractivity contribution in [1.82, 2.24) is 10.9 Å². The van der Waals surface area contributed by atoms with E-state index in [0.29, 0.717) is 21.0 Å². The van der Waals surface area contributed by atoms with Gasteiger partial charge in [0.1, 0.15) is 11.5 Å². The first-order valence-electron chi connectivity index (χ1n) is 8.62. The van der Waals surface area contributed by atoms with Crippen molar-refractivity contribution in [3.8, 4) is 11.5 Å². The van der Waals surface area contributed by atoms with Crippen molar-refractivity contribution in [3.05, 3.63) is 57.0 Å². The van der Waals surface area contributed by atoms with Crippen molar-refractivity contribution in [1.29, 1.82) is 0 Å². The SMILES string of the molecule is Cc1ccc(OC(C)C(=O)NNC(=O)C(C)Oc2ccc(Cl)cc2Br)cc1C. The minimum absolute atomic E-state index is 0.463. The number of hydrazine groups is 1. The average Bonchev–Trinajstić information content (AvgIpc) is 2.64. The van der Waals surface area contributed by atoms with Crippen molar-refractivity contribution >= 4 is 39.3 Å². The van der Waals surface area contributed by atoms with Gasteiger partial charge < -0.3 is 9.47 Å². The van der Waals surface area contributed by atoms with E-state index in [1.54, 1.807) is 38.1 Å². The maximum Gasteiger partial charge on any atom is 0.279 e. The number of ether oxygens (including phenoxy) is 2. The maximum atomic E-state index is 12.2. The van der Waals surface area contributed by atoms with Crippen LogP contribution in [0.4, 0.5) is 0 Å². The number of carbonyl (C=O) groups is 2. The van der Waals surface area contributed by atoms with Gasteiger partial charge in [-0.25, -0.2) is 0 Å². The first-order chi connectivity index (χ1) is 13.2. The second kappa shape index (κ2) is 9.80. The number of carbonyl (C=O) groups excluding carboxylic acids is 2. The number of hydrogen-bond acceptors (Lipinski definition) is 4. The molecular formula is C20H22BrClN2O4. The molecule has 2 amide bonds. The molecule has 2 aromatic rings. The molecule has 0 heterocycles. The lowest BCUT2D eigenvalue weighted by Gasteiger charge is -2.18. The molecule has 0 spiro atoms. The Kier molecular flexibility index (Phi) is 7.71. The van der Waals surface area contributed by atoms with Gasteiger partial charge in [0.2, 0.25) is 0 Å². The molecule has 2 unspecified atom stereocenters. The van der Waals surface area contributed by atoms with E-state index in [0.717, 1.165) is 11.1 Å². The van der Waals surface area contributed by atoms with E-state index in [4.69, 9.17) is 21.1 Å². The fourth-order valence-electron chi connectivity index (χ4n) is 2.19. The van der Waals surface area contributed by atoms with Crippen LogP contribution in [-0.2, 0) is 9.59 Å². The van der Waals surface area contributed by atoms with E-state index in [1.165, 1.54) is 0 Å². The molecule has 0 saturated heterocycles. The summed E-state index contributed by atoms with van der Waals surface area (Å²) in [6.45, 7) is 7.13. The number of amides is 2. The van der Waals surface area contributed by atoms with Gasteiger partial charge >= 0.3 is 0 Å². The summed E-state index contributed by atoms with van der Waals surface area (Å²) in [6.07, 6.45) is -1.63. The Morgan fingerprint density at radius 3 is 2.11 bits per heavy atom. The Labute approximate surface area is 177 Å². The third kappa shape index (κ3) is 6.14. The summed E-state index contributed by atoms with van der Waals surface area (Å²) in [5, 5.41) is 0.543. The Morgan fingerprint density at radius 2 is 1.54 bits per heavy atom. The highest BCUT2D eigenvalue weighted by Gasteiger charge is 2.19. The van der Waals surface area contributed by atoms with Gasteiger partial charge in [-0.2, -0.15) is 0 Å². The standard InChI is InChI=1S/C20H22BrClN2O4/c1-11-5-7-16(9-12(11)2)27-13(3)19(25)23-24-20(26)14(4)28-18-8-6-15(22)10-17(18)21/h5-10,13-14H,1-4H3,(H,23,25)(H,24,26). The van der Waals surface area contributed by atoms with Crippen LogP contribution in [0.2, 0.25) is 5.02 Å². The highest BCUT2D eigenvalue weighted by atomic mass is 79.9. The summed E-state index contributed by atoms with van der Waals surface area (Å²) in [5.41, 5.74) is 6.88. The lowest BCUT2D eigenvalue weighted by atomic mass is 10.1. The number of benzene rings is 2. The number of rotatable bonds is 6. The van der Waals surface area contributed by atoms with Crippen molar-refractivity contribution in [2.45, 2.75) is 39.9 Å². The van der Waals surface area contributed by atoms with Gasteiger partial charge in [-0.3, -0.25) is 20.4 Å². The molecule has 0 radical (unpaired) electrons. The molecule has 150 valence electrons. The van der Waals surface area contributed by atoms with Gasteiger partial charge in [-0.05, 0) is 85.1 Å². The van der Waals surface area contributed by atoms with Crippen LogP contribution in [-0.4, -0.2) is 24.0 Å². The van der Waals surface area contributed by atoms with Gasteiger partial charge in [0.25, 0.3) is 11.8 Å². The van der Waals surface area contributed by atoms with Crippen LogP contribution in [0.3, 0.4) is 0 Å². The van der Waals surface area contributed by atoms with E-state index < -0.39 is 24.0 Å². The first kappa shape index (κ1) is 22.0. The molecule has 2 aromatic carbocycles. The zero-order chi connectivity index (χ0) is 20.8. The molecule has 28 heavy (non-hydrogen) atoms. The molecule has 0 bridgehead atoms. The molecule has 0 saturated carbocycles. The molecule has 0 fully saturated rings. The fourth-order valence-corrected chi connectivity index (χ4v) is 2.96. The zero-order valence-corrected chi connectivity index (χ0v) is 18.3. The Balaban J connectivity index is 1.84. The number of halogens is 2. The summed E-state index contributed by atoms with van der Waals surface area (Å²) >= 11 is 9.20. The van der Waals surface area contributed by atoms with E-state index in [1.807, 2.05) is 26.0 Å². The second-order valence-corrected chi connectivity index (χ2v) is 7.61. The van der Waals surface area contributed by atoms with Crippen molar-refractivity contribution in [2.75, 3.05) is 0 Å². The largest absolute Gasteiger partial charge is 0.481 e. The fraction of sp³-hybridized carbons (Fsp3) is 0.300. The van der Waals surface area contributed by atoms with Crippen LogP contribution >= 0.6 is 27.5 Å². The Hall–Kier alpha value is -2.25. The monoisotopic (exact) mass is 468 g/mol. The third-order valence-electron chi connectivity index (χ3n) is 4.04. The zero-order valence-electron chi connectivity index (χ0n) is 16.0. The summed E-state index contributed by atoms with van der Waals surface area (Å²) in [7, 11) is 0. The Bertz CT molecular complexity index is 875. The molecule has 0 aliphatic carbocycles. The predicted octanol–water partition coefficient (Wildman–Crippen LogP) is 4.10. The summed E-state index contributed by atoms with van der Waals surface area (Å²) in [4.78, 5) is 24.3. The van der Waals surface area contributed by atoms with E-state index >= 15 is 0 Å². The number of hydrogen-bond donors (Lipinski definition) is 2. The summed E-state index contributed by atoms with van der Waals surface area (Å²) < 4.78 is 11.8. The summed E-state index contributed by atoms with van der Waals surface area (Å²) in [6, 6.07) is 10.5. The molecule has 6 nitrogen and oxygen atoms in total. The van der Waals surface area contributed by atoms with Crippen LogP contribution in [0.5, 0.6) is 11.5 Å². The quantitative estimate of drug-likeness (QED) is 0.625. The van der Waals surface area contributed by atoms with E-state index in [9.17, 15) is 9.59 Å². The molecule has 2 rings (SSSR count). The second-order valence-electron chi connectivity index (χ2n) is 6.32. The van der Waals surface area contributed by atoms with Gasteiger partial charge in [-0.15, -0.1) is 0 Å². The van der Waals surface area contributed by atoms with Crippen LogP contribution in [0, 0.1) is 13.8 Å². The first-order valence-corrected chi connectivity index (χ1v) is 9.79. The van der Waals surface area contributed by atoms with Crippen molar-refractivity contribution in [3.63, 3.8) is 0 Å². The minimum Gasteiger partial charge on any atom is -0.481 e. The number of aryl methyl sites for hydroxylation is 2. The number of nitrogens with one attached hydrogen (secondary N) is 2. The minimum atomic E-state index is -0.839.